The van der Waals surface area contributed by atoms with Crippen LogP contribution in [0.2, 0.25) is 0 Å². The van der Waals surface area contributed by atoms with Gasteiger partial charge in [-0.05, 0) is 43.9 Å². The first-order valence-corrected chi connectivity index (χ1v) is 14.5. The predicted molar refractivity (Wildman–Crippen MR) is 140 cm³/mol. The van der Waals surface area contributed by atoms with E-state index in [0.717, 1.165) is 56.1 Å². The number of hydrogen-bond acceptors (Lipinski definition) is 8. The average molecular weight is 544 g/mol. The maximum Gasteiger partial charge on any atom is 0.258 e. The molecule has 0 unspecified atom stereocenters. The largest absolute Gasteiger partial charge is 0.475 e. The molecule has 1 aromatic carbocycles. The molecule has 0 aliphatic carbocycles. The smallest absolute Gasteiger partial charge is 0.258 e. The van der Waals surface area contributed by atoms with E-state index in [2.05, 4.69) is 9.62 Å². The van der Waals surface area contributed by atoms with Crippen LogP contribution in [0.25, 0.3) is 5.65 Å². The summed E-state index contributed by atoms with van der Waals surface area (Å²) in [5.74, 6) is -0.0892. The molecule has 38 heavy (non-hydrogen) atoms. The van der Waals surface area contributed by atoms with Crippen LogP contribution in [-0.2, 0) is 10.0 Å². The standard InChI is InChI=1S/C25H30FN7O4S/c1-30-12-8-27-38(35,36)16-37-21-7-6-17(26)13-18(21)25(34)32-11-3-2-5-20(32)19-14-23-28-22(31-9-4-10-31)15-24(30)33(23)29-19/h6-7,13-15,20,27H,2-5,8-12,16H2,1H3/t20-/m0/s1. The first-order chi connectivity index (χ1) is 18.3. The van der Waals surface area contributed by atoms with Gasteiger partial charge in [0.1, 0.15) is 23.2 Å². The molecule has 11 nitrogen and oxygen atoms in total. The Morgan fingerprint density at radius 3 is 2.71 bits per heavy atom. The fourth-order valence-electron chi connectivity index (χ4n) is 5.20. The number of nitrogens with zero attached hydrogens (tertiary/aromatic N) is 6. The van der Waals surface area contributed by atoms with E-state index < -0.39 is 27.7 Å². The van der Waals surface area contributed by atoms with E-state index in [1.54, 1.807) is 9.42 Å². The number of anilines is 2. The number of aromatic nitrogens is 3. The van der Waals surface area contributed by atoms with Crippen molar-refractivity contribution in [1.29, 1.82) is 0 Å². The van der Waals surface area contributed by atoms with Gasteiger partial charge in [-0.25, -0.2) is 22.5 Å². The molecule has 2 saturated heterocycles. The number of ether oxygens (including phenoxy) is 1. The van der Waals surface area contributed by atoms with E-state index in [1.165, 1.54) is 6.07 Å². The minimum absolute atomic E-state index is 0.0124. The van der Waals surface area contributed by atoms with E-state index in [-0.39, 0.29) is 23.9 Å². The molecule has 1 N–H and O–H groups in total. The number of piperidine rings is 1. The molecule has 3 aliphatic rings. The third-order valence-electron chi connectivity index (χ3n) is 7.40. The van der Waals surface area contributed by atoms with Crippen LogP contribution in [0.4, 0.5) is 16.0 Å². The predicted octanol–water partition coefficient (Wildman–Crippen LogP) is 2.15. The van der Waals surface area contributed by atoms with Crippen LogP contribution in [0.5, 0.6) is 5.75 Å². The van der Waals surface area contributed by atoms with Gasteiger partial charge < -0.3 is 19.4 Å². The van der Waals surface area contributed by atoms with Gasteiger partial charge in [0.2, 0.25) is 16.0 Å². The number of hydrogen-bond donors (Lipinski definition) is 1. The monoisotopic (exact) mass is 543 g/mol. The van der Waals surface area contributed by atoms with Crippen molar-refractivity contribution < 1.29 is 22.3 Å². The third-order valence-corrected chi connectivity index (χ3v) is 8.47. The fourth-order valence-corrected chi connectivity index (χ4v) is 5.97. The van der Waals surface area contributed by atoms with Crippen molar-refractivity contribution in [2.24, 2.45) is 0 Å². The first-order valence-electron chi connectivity index (χ1n) is 12.9. The maximum absolute atomic E-state index is 14.3. The lowest BCUT2D eigenvalue weighted by molar-refractivity contribution is 0.0601. The second kappa shape index (κ2) is 9.70. The summed E-state index contributed by atoms with van der Waals surface area (Å²) in [6.45, 7) is 2.82. The van der Waals surface area contributed by atoms with Crippen molar-refractivity contribution in [1.82, 2.24) is 24.2 Å². The zero-order valence-corrected chi connectivity index (χ0v) is 22.0. The molecule has 0 saturated carbocycles. The van der Waals surface area contributed by atoms with Gasteiger partial charge in [-0.2, -0.15) is 9.61 Å². The summed E-state index contributed by atoms with van der Waals surface area (Å²) in [4.78, 5) is 24.5. The number of amides is 1. The van der Waals surface area contributed by atoms with Gasteiger partial charge >= 0.3 is 0 Å². The van der Waals surface area contributed by atoms with Crippen molar-refractivity contribution >= 4 is 33.2 Å². The SMILES string of the molecule is CN1CCNS(=O)(=O)COc2ccc(F)cc2C(=O)N2CCCC[C@H]2c2cc3nc(N4CCC4)cc1n3n2. The average Bonchev–Trinajstić information content (AvgIpc) is 3.29. The molecule has 1 atom stereocenters. The van der Waals surface area contributed by atoms with Crippen molar-refractivity contribution in [3.8, 4) is 5.75 Å². The van der Waals surface area contributed by atoms with E-state index in [0.29, 0.717) is 30.9 Å². The maximum atomic E-state index is 14.3. The van der Waals surface area contributed by atoms with Crippen LogP contribution in [0, 0.1) is 5.82 Å². The van der Waals surface area contributed by atoms with Crippen molar-refractivity contribution in [3.05, 3.63) is 47.4 Å². The summed E-state index contributed by atoms with van der Waals surface area (Å²) in [7, 11) is -1.96. The van der Waals surface area contributed by atoms with Crippen LogP contribution in [0.3, 0.4) is 0 Å². The van der Waals surface area contributed by atoms with Gasteiger partial charge in [-0.3, -0.25) is 4.79 Å². The minimum atomic E-state index is -3.84. The van der Waals surface area contributed by atoms with Crippen molar-refractivity contribution in [2.45, 2.75) is 31.7 Å². The molecule has 2 fully saturated rings. The van der Waals surface area contributed by atoms with Crippen LogP contribution >= 0.6 is 0 Å². The van der Waals surface area contributed by atoms with Gasteiger partial charge in [-0.15, -0.1) is 0 Å². The highest BCUT2D eigenvalue weighted by Crippen LogP contribution is 2.35. The zero-order valence-electron chi connectivity index (χ0n) is 21.1. The van der Waals surface area contributed by atoms with Gasteiger partial charge in [0.05, 0.1) is 17.3 Å². The molecule has 5 heterocycles. The molecule has 0 spiro atoms. The molecule has 2 aromatic heterocycles. The quantitative estimate of drug-likeness (QED) is 0.497. The normalized spacial score (nSPS) is 22.1. The summed E-state index contributed by atoms with van der Waals surface area (Å²) >= 11 is 0. The Balaban J connectivity index is 1.48. The second-order valence-corrected chi connectivity index (χ2v) is 11.7. The van der Waals surface area contributed by atoms with Crippen LogP contribution in [0.1, 0.15) is 47.8 Å². The number of likely N-dealkylation sites (N-methyl/N-ethyl adjacent to an activating group) is 1. The topological polar surface area (TPSA) is 112 Å². The Morgan fingerprint density at radius 1 is 1.08 bits per heavy atom. The van der Waals surface area contributed by atoms with Crippen LogP contribution in [-0.4, -0.2) is 79.5 Å². The Kier molecular flexibility index (Phi) is 6.34. The van der Waals surface area contributed by atoms with Gasteiger partial charge in [0.15, 0.2) is 5.65 Å². The summed E-state index contributed by atoms with van der Waals surface area (Å²) < 4.78 is 49.5. The van der Waals surface area contributed by atoms with Crippen molar-refractivity contribution in [2.75, 3.05) is 55.5 Å². The molecule has 3 aliphatic heterocycles. The number of nitrogens with one attached hydrogen (secondary N) is 1. The van der Waals surface area contributed by atoms with E-state index in [9.17, 15) is 17.6 Å². The first kappa shape index (κ1) is 24.9. The van der Waals surface area contributed by atoms with Gasteiger partial charge in [0.25, 0.3) is 5.91 Å². The Hall–Kier alpha value is -3.45. The number of benzene rings is 1. The van der Waals surface area contributed by atoms with Crippen molar-refractivity contribution in [3.63, 3.8) is 0 Å². The third kappa shape index (κ3) is 4.64. The summed E-state index contributed by atoms with van der Waals surface area (Å²) in [5.41, 5.74) is 1.36. The zero-order chi connectivity index (χ0) is 26.4. The highest BCUT2D eigenvalue weighted by Gasteiger charge is 2.33. The molecule has 202 valence electrons. The lowest BCUT2D eigenvalue weighted by atomic mass is 9.98. The minimum Gasteiger partial charge on any atom is -0.475 e. The molecule has 13 heteroatoms. The molecule has 0 radical (unpaired) electrons. The van der Waals surface area contributed by atoms with Crippen LogP contribution in [0.15, 0.2) is 30.3 Å². The molecule has 3 aromatic rings. The number of sulfonamides is 1. The molecular weight excluding hydrogens is 513 g/mol. The highest BCUT2D eigenvalue weighted by atomic mass is 32.2. The van der Waals surface area contributed by atoms with Gasteiger partial charge in [0, 0.05) is 51.9 Å². The Morgan fingerprint density at radius 2 is 1.92 bits per heavy atom. The Labute approximate surface area is 220 Å². The number of carbonyl (C=O) groups is 1. The highest BCUT2D eigenvalue weighted by molar-refractivity contribution is 7.89. The number of halogens is 1. The second-order valence-electron chi connectivity index (χ2n) is 10.00. The van der Waals surface area contributed by atoms with Crippen LogP contribution < -0.4 is 19.3 Å². The number of carbonyl (C=O) groups excluding carboxylic acids is 1. The number of fused-ring (bicyclic) bond motifs is 4. The fraction of sp³-hybridized carbons (Fsp3) is 0.480. The molecule has 1 amide bonds. The lowest BCUT2D eigenvalue weighted by Gasteiger charge is -2.35. The number of rotatable bonds is 1. The van der Waals surface area contributed by atoms with E-state index >= 15 is 0 Å². The van der Waals surface area contributed by atoms with E-state index in [4.69, 9.17) is 14.8 Å². The summed E-state index contributed by atoms with van der Waals surface area (Å²) in [6.07, 6.45) is 3.51. The summed E-state index contributed by atoms with van der Waals surface area (Å²) in [6, 6.07) is 7.10. The Bertz CT molecular complexity index is 1490. The molecular formula is C25H30FN7O4S. The molecule has 2 bridgehead atoms. The van der Waals surface area contributed by atoms with Gasteiger partial charge in [-0.1, -0.05) is 0 Å². The summed E-state index contributed by atoms with van der Waals surface area (Å²) in [5, 5.41) is 4.89. The van der Waals surface area contributed by atoms with E-state index in [1.807, 2.05) is 24.1 Å². The molecule has 6 rings (SSSR count). The lowest BCUT2D eigenvalue weighted by Crippen LogP contribution is -2.39.